The fraction of sp³-hybridized carbons (Fsp3) is 0.464. The summed E-state index contributed by atoms with van der Waals surface area (Å²) in [6, 6.07) is 15.7. The van der Waals surface area contributed by atoms with Crippen molar-refractivity contribution in [3.63, 3.8) is 0 Å². The molecule has 1 aliphatic carbocycles. The lowest BCUT2D eigenvalue weighted by Gasteiger charge is -2.36. The number of hydrogen-bond acceptors (Lipinski definition) is 4. The SMILES string of the molecule is CC(C)[C@H](CC(=O)N1CCCC[C@H]1CC(=O)O)NC(=O)OCC1c2ccccc2-c2ccccc21. The Morgan fingerprint density at radius 3 is 2.26 bits per heavy atom. The minimum Gasteiger partial charge on any atom is -0.481 e. The molecule has 2 aromatic rings. The Balaban J connectivity index is 1.37. The second-order valence-electron chi connectivity index (χ2n) is 9.86. The van der Waals surface area contributed by atoms with E-state index in [0.717, 1.165) is 24.0 Å². The monoisotopic (exact) mass is 478 g/mol. The molecular weight excluding hydrogens is 444 g/mol. The number of nitrogens with zero attached hydrogens (tertiary/aromatic N) is 1. The normalized spacial score (nSPS) is 18.0. The van der Waals surface area contributed by atoms with Gasteiger partial charge in [-0.3, -0.25) is 9.59 Å². The fourth-order valence-corrected chi connectivity index (χ4v) is 5.29. The maximum absolute atomic E-state index is 13.1. The fourth-order valence-electron chi connectivity index (χ4n) is 5.29. The molecular formula is C28H34N2O5. The van der Waals surface area contributed by atoms with Gasteiger partial charge in [0, 0.05) is 31.0 Å². The van der Waals surface area contributed by atoms with Crippen LogP contribution in [0.5, 0.6) is 0 Å². The van der Waals surface area contributed by atoms with Crippen molar-refractivity contribution in [1.82, 2.24) is 10.2 Å². The Morgan fingerprint density at radius 2 is 1.66 bits per heavy atom. The van der Waals surface area contributed by atoms with Crippen LogP contribution in [0.2, 0.25) is 0 Å². The molecule has 2 aromatic carbocycles. The number of hydrogen-bond donors (Lipinski definition) is 2. The molecule has 1 fully saturated rings. The van der Waals surface area contributed by atoms with Crippen molar-refractivity contribution in [2.75, 3.05) is 13.2 Å². The van der Waals surface area contributed by atoms with Gasteiger partial charge in [0.15, 0.2) is 0 Å². The lowest BCUT2D eigenvalue weighted by atomic mass is 9.96. The third-order valence-corrected chi connectivity index (χ3v) is 7.20. The predicted molar refractivity (Wildman–Crippen MR) is 133 cm³/mol. The molecule has 1 heterocycles. The minimum absolute atomic E-state index is 0.0159. The molecule has 2 atom stereocenters. The van der Waals surface area contributed by atoms with E-state index < -0.39 is 18.1 Å². The van der Waals surface area contributed by atoms with E-state index in [4.69, 9.17) is 4.74 Å². The first-order valence-corrected chi connectivity index (χ1v) is 12.5. The van der Waals surface area contributed by atoms with Crippen LogP contribution < -0.4 is 5.32 Å². The largest absolute Gasteiger partial charge is 0.481 e. The average molecular weight is 479 g/mol. The van der Waals surface area contributed by atoms with Crippen LogP contribution in [0.3, 0.4) is 0 Å². The summed E-state index contributed by atoms with van der Waals surface area (Å²) in [6.07, 6.45) is 2.03. The van der Waals surface area contributed by atoms with Crippen molar-refractivity contribution < 1.29 is 24.2 Å². The summed E-state index contributed by atoms with van der Waals surface area (Å²) < 4.78 is 5.67. The molecule has 0 unspecified atom stereocenters. The second-order valence-corrected chi connectivity index (χ2v) is 9.86. The molecule has 2 aliphatic rings. The van der Waals surface area contributed by atoms with E-state index in [9.17, 15) is 19.5 Å². The van der Waals surface area contributed by atoms with Crippen molar-refractivity contribution in [1.29, 1.82) is 0 Å². The van der Waals surface area contributed by atoms with E-state index in [1.165, 1.54) is 11.1 Å². The first kappa shape index (κ1) is 24.8. The number of ether oxygens (including phenoxy) is 1. The Kier molecular flexibility index (Phi) is 7.73. The maximum Gasteiger partial charge on any atom is 0.407 e. The molecule has 0 saturated carbocycles. The van der Waals surface area contributed by atoms with Gasteiger partial charge in [0.05, 0.1) is 6.42 Å². The quantitative estimate of drug-likeness (QED) is 0.568. The Hall–Kier alpha value is -3.35. The number of piperidine rings is 1. The highest BCUT2D eigenvalue weighted by atomic mass is 16.5. The number of carbonyl (C=O) groups excluding carboxylic acids is 2. The van der Waals surface area contributed by atoms with Crippen LogP contribution >= 0.6 is 0 Å². The van der Waals surface area contributed by atoms with E-state index in [1.54, 1.807) is 4.90 Å². The van der Waals surface area contributed by atoms with Crippen molar-refractivity contribution in [3.8, 4) is 11.1 Å². The molecule has 7 heteroatoms. The van der Waals surface area contributed by atoms with Crippen molar-refractivity contribution in [3.05, 3.63) is 59.7 Å². The van der Waals surface area contributed by atoms with Gasteiger partial charge >= 0.3 is 12.1 Å². The molecule has 2 amide bonds. The van der Waals surface area contributed by atoms with Gasteiger partial charge in [0.1, 0.15) is 6.61 Å². The van der Waals surface area contributed by atoms with E-state index in [2.05, 4.69) is 29.6 Å². The second kappa shape index (κ2) is 10.9. The minimum atomic E-state index is -0.896. The summed E-state index contributed by atoms with van der Waals surface area (Å²) in [4.78, 5) is 38.8. The van der Waals surface area contributed by atoms with Crippen LogP contribution in [0, 0.1) is 5.92 Å². The standard InChI is InChI=1S/C28H34N2O5/c1-18(2)25(16-26(31)30-14-8-7-9-19(30)15-27(32)33)29-28(34)35-17-24-22-12-5-3-10-20(22)21-11-4-6-13-23(21)24/h3-6,10-13,18-19,24-25H,7-9,14-17H2,1-2H3,(H,29,34)(H,32,33)/t19-,25-/m0/s1. The molecule has 35 heavy (non-hydrogen) atoms. The van der Waals surface area contributed by atoms with E-state index in [-0.39, 0.29) is 43.2 Å². The van der Waals surface area contributed by atoms with E-state index in [0.29, 0.717) is 13.0 Å². The topological polar surface area (TPSA) is 95.9 Å². The number of alkyl carbamates (subject to hydrolysis) is 1. The summed E-state index contributed by atoms with van der Waals surface area (Å²) in [7, 11) is 0. The molecule has 186 valence electrons. The lowest BCUT2D eigenvalue weighted by Crippen LogP contribution is -2.48. The first-order valence-electron chi connectivity index (χ1n) is 12.5. The summed E-state index contributed by atoms with van der Waals surface area (Å²) in [6.45, 7) is 4.68. The lowest BCUT2D eigenvalue weighted by molar-refractivity contribution is -0.142. The van der Waals surface area contributed by atoms with Gasteiger partial charge in [0.25, 0.3) is 0 Å². The summed E-state index contributed by atoms with van der Waals surface area (Å²) in [5.41, 5.74) is 4.62. The van der Waals surface area contributed by atoms with E-state index in [1.807, 2.05) is 38.1 Å². The predicted octanol–water partition coefficient (Wildman–Crippen LogP) is 4.80. The number of amides is 2. The van der Waals surface area contributed by atoms with Crippen LogP contribution in [0.25, 0.3) is 11.1 Å². The summed E-state index contributed by atoms with van der Waals surface area (Å²) in [5, 5.41) is 12.1. The van der Waals surface area contributed by atoms with Crippen LogP contribution in [0.1, 0.15) is 63.0 Å². The maximum atomic E-state index is 13.1. The zero-order chi connectivity index (χ0) is 24.9. The summed E-state index contributed by atoms with van der Waals surface area (Å²) >= 11 is 0. The third-order valence-electron chi connectivity index (χ3n) is 7.20. The van der Waals surface area contributed by atoms with Gasteiger partial charge in [-0.1, -0.05) is 62.4 Å². The zero-order valence-electron chi connectivity index (χ0n) is 20.4. The number of carboxylic acids is 1. The third kappa shape index (κ3) is 5.66. The smallest absolute Gasteiger partial charge is 0.407 e. The van der Waals surface area contributed by atoms with Gasteiger partial charge in [0.2, 0.25) is 5.91 Å². The number of carbonyl (C=O) groups is 3. The van der Waals surface area contributed by atoms with Crippen LogP contribution in [-0.4, -0.2) is 53.2 Å². The van der Waals surface area contributed by atoms with Gasteiger partial charge in [-0.25, -0.2) is 4.79 Å². The Morgan fingerprint density at radius 1 is 1.03 bits per heavy atom. The van der Waals surface area contributed by atoms with Crippen LogP contribution in [-0.2, 0) is 14.3 Å². The highest BCUT2D eigenvalue weighted by Gasteiger charge is 2.32. The number of aliphatic carboxylic acids is 1. The molecule has 0 spiro atoms. The molecule has 1 saturated heterocycles. The molecule has 1 aliphatic heterocycles. The molecule has 4 rings (SSSR count). The first-order chi connectivity index (χ1) is 16.8. The van der Waals surface area contributed by atoms with Crippen LogP contribution in [0.15, 0.2) is 48.5 Å². The number of nitrogens with one attached hydrogen (secondary N) is 1. The van der Waals surface area contributed by atoms with Crippen molar-refractivity contribution in [2.24, 2.45) is 5.92 Å². The molecule has 2 N–H and O–H groups in total. The number of carboxylic acid groups (broad SMARTS) is 1. The average Bonchev–Trinajstić information content (AvgIpc) is 3.16. The van der Waals surface area contributed by atoms with Crippen LogP contribution in [0.4, 0.5) is 4.79 Å². The molecule has 0 bridgehead atoms. The Bertz CT molecular complexity index is 1040. The van der Waals surface area contributed by atoms with Crippen molar-refractivity contribution >= 4 is 18.0 Å². The van der Waals surface area contributed by atoms with Gasteiger partial charge in [-0.05, 0) is 47.4 Å². The number of rotatable bonds is 8. The highest BCUT2D eigenvalue weighted by molar-refractivity contribution is 5.80. The van der Waals surface area contributed by atoms with E-state index >= 15 is 0 Å². The highest BCUT2D eigenvalue weighted by Crippen LogP contribution is 2.44. The zero-order valence-corrected chi connectivity index (χ0v) is 20.4. The van der Waals surface area contributed by atoms with Crippen molar-refractivity contribution in [2.45, 2.75) is 64.0 Å². The number of likely N-dealkylation sites (tertiary alicyclic amines) is 1. The molecule has 0 radical (unpaired) electrons. The van der Waals surface area contributed by atoms with Gasteiger partial charge < -0.3 is 20.1 Å². The number of benzene rings is 2. The summed E-state index contributed by atoms with van der Waals surface area (Å²) in [5.74, 6) is -1.03. The van der Waals surface area contributed by atoms with Gasteiger partial charge in [-0.15, -0.1) is 0 Å². The molecule has 0 aromatic heterocycles. The number of fused-ring (bicyclic) bond motifs is 3. The molecule has 7 nitrogen and oxygen atoms in total. The van der Waals surface area contributed by atoms with Gasteiger partial charge in [-0.2, -0.15) is 0 Å². The Labute approximate surface area is 206 Å².